The van der Waals surface area contributed by atoms with E-state index in [-0.39, 0.29) is 31.7 Å². The average molecular weight is 481 g/mol. The molecule has 0 radical (unpaired) electrons. The summed E-state index contributed by atoms with van der Waals surface area (Å²) in [6.45, 7) is 1.45. The van der Waals surface area contributed by atoms with Crippen molar-refractivity contribution in [1.82, 2.24) is 9.13 Å². The summed E-state index contributed by atoms with van der Waals surface area (Å²) in [7, 11) is 3.18. The van der Waals surface area contributed by atoms with Gasteiger partial charge in [-0.3, -0.25) is 9.36 Å². The summed E-state index contributed by atoms with van der Waals surface area (Å²) in [5, 5.41) is -0.275. The number of benzene rings is 1. The van der Waals surface area contributed by atoms with Gasteiger partial charge in [-0.2, -0.15) is 13.2 Å². The van der Waals surface area contributed by atoms with Crippen molar-refractivity contribution in [2.45, 2.75) is 19.2 Å². The molecule has 0 aliphatic carbocycles. The number of carbonyl (C=O) groups is 1. The summed E-state index contributed by atoms with van der Waals surface area (Å²) < 4.78 is 69.1. The maximum absolute atomic E-state index is 14.6. The monoisotopic (exact) mass is 480 g/mol. The molecule has 0 spiro atoms. The molecule has 0 bridgehead atoms. The fraction of sp³-hybridized carbons (Fsp3) is 0.316. The maximum Gasteiger partial charge on any atom is 0.431 e. The lowest BCUT2D eigenvalue weighted by molar-refractivity contribution is -0.144. The Morgan fingerprint density at radius 1 is 1.16 bits per heavy atom. The van der Waals surface area contributed by atoms with Gasteiger partial charge in [0.1, 0.15) is 23.0 Å². The van der Waals surface area contributed by atoms with Crippen LogP contribution in [-0.2, 0) is 27.5 Å². The molecule has 0 fully saturated rings. The Morgan fingerprint density at radius 3 is 2.31 bits per heavy atom. The van der Waals surface area contributed by atoms with Crippen molar-refractivity contribution < 1.29 is 36.6 Å². The van der Waals surface area contributed by atoms with Crippen LogP contribution >= 0.6 is 11.6 Å². The van der Waals surface area contributed by atoms with Crippen LogP contribution in [0.5, 0.6) is 5.75 Å². The second-order valence-corrected chi connectivity index (χ2v) is 6.72. The van der Waals surface area contributed by atoms with E-state index in [1.54, 1.807) is 0 Å². The topological polar surface area (TPSA) is 88.8 Å². The molecule has 8 nitrogen and oxygen atoms in total. The molecule has 2 aromatic rings. The Morgan fingerprint density at radius 2 is 1.78 bits per heavy atom. The van der Waals surface area contributed by atoms with E-state index in [9.17, 15) is 31.9 Å². The van der Waals surface area contributed by atoms with Gasteiger partial charge in [0.25, 0.3) is 5.56 Å². The Hall–Kier alpha value is -3.28. The minimum absolute atomic E-state index is 0.00130. The first-order valence-electron chi connectivity index (χ1n) is 8.71. The van der Waals surface area contributed by atoms with Crippen LogP contribution in [0.25, 0.3) is 5.69 Å². The molecule has 13 heteroatoms. The van der Waals surface area contributed by atoms with E-state index in [0.29, 0.717) is 0 Å². The third kappa shape index (κ3) is 5.13. The number of rotatable bonds is 6. The van der Waals surface area contributed by atoms with E-state index >= 15 is 0 Å². The predicted octanol–water partition coefficient (Wildman–Crippen LogP) is 2.82. The first-order valence-corrected chi connectivity index (χ1v) is 9.09. The number of nitrogens with zero attached hydrogens (tertiary/aromatic N) is 2. The fourth-order valence-electron chi connectivity index (χ4n) is 2.67. The lowest BCUT2D eigenvalue weighted by atomic mass is 10.2. The van der Waals surface area contributed by atoms with Crippen LogP contribution in [0.1, 0.15) is 12.6 Å². The van der Waals surface area contributed by atoms with E-state index < -0.39 is 46.7 Å². The predicted molar refractivity (Wildman–Crippen MR) is 104 cm³/mol. The molecule has 1 unspecified atom stereocenters. The molecule has 0 aliphatic rings. The van der Waals surface area contributed by atoms with Crippen LogP contribution in [-0.4, -0.2) is 35.4 Å². The molecule has 0 aliphatic heterocycles. The molecule has 1 aromatic heterocycles. The standard InChI is InChI=1S/C19H17ClF4N2O6/c1-9(13(30-3)7-17(28)31-4)32-14-6-12(11(21)5-10(14)20)26-16(27)8-15(19(22,23)24)25(2)18(26)29/h5-9H,1-4H3/b13-7+. The maximum atomic E-state index is 14.6. The smallest absolute Gasteiger partial charge is 0.431 e. The van der Waals surface area contributed by atoms with Gasteiger partial charge in [0.2, 0.25) is 0 Å². The summed E-state index contributed by atoms with van der Waals surface area (Å²) in [6, 6.07) is 1.76. The minimum atomic E-state index is -4.98. The molecule has 0 saturated heterocycles. The number of methoxy groups -OCH3 is 2. The van der Waals surface area contributed by atoms with Crippen LogP contribution in [0.3, 0.4) is 0 Å². The van der Waals surface area contributed by atoms with Crippen molar-refractivity contribution in [2.75, 3.05) is 14.2 Å². The quantitative estimate of drug-likeness (QED) is 0.273. The zero-order chi connectivity index (χ0) is 24.4. The molecule has 2 rings (SSSR count). The molecule has 0 N–H and O–H groups in total. The van der Waals surface area contributed by atoms with Gasteiger partial charge in [0, 0.05) is 19.2 Å². The number of ether oxygens (including phenoxy) is 3. The third-order valence-electron chi connectivity index (χ3n) is 4.25. The molecular weight excluding hydrogens is 464 g/mol. The van der Waals surface area contributed by atoms with Gasteiger partial charge in [0.05, 0.1) is 31.0 Å². The van der Waals surface area contributed by atoms with Crippen molar-refractivity contribution in [1.29, 1.82) is 0 Å². The van der Waals surface area contributed by atoms with E-state index in [1.807, 2.05) is 0 Å². The third-order valence-corrected chi connectivity index (χ3v) is 4.55. The first-order chi connectivity index (χ1) is 14.8. The first kappa shape index (κ1) is 25.0. The van der Waals surface area contributed by atoms with E-state index in [0.717, 1.165) is 32.4 Å². The van der Waals surface area contributed by atoms with Crippen LogP contribution in [0.4, 0.5) is 17.6 Å². The SMILES string of the molecule is COC(=O)/C=C(/OC)C(C)Oc1cc(-n2c(=O)cc(C(F)(F)F)n(C)c2=O)c(F)cc1Cl. The van der Waals surface area contributed by atoms with Gasteiger partial charge < -0.3 is 14.2 Å². The summed E-state index contributed by atoms with van der Waals surface area (Å²) in [4.78, 5) is 36.1. The van der Waals surface area contributed by atoms with Crippen LogP contribution in [0.15, 0.2) is 39.6 Å². The highest BCUT2D eigenvalue weighted by atomic mass is 35.5. The van der Waals surface area contributed by atoms with Gasteiger partial charge in [-0.25, -0.2) is 18.5 Å². The molecule has 174 valence electrons. The average Bonchev–Trinajstić information content (AvgIpc) is 2.70. The molecular formula is C19H17ClF4N2O6. The Balaban J connectivity index is 2.61. The van der Waals surface area contributed by atoms with Crippen molar-refractivity contribution in [3.05, 3.63) is 67.4 Å². The molecule has 1 heterocycles. The molecule has 1 atom stereocenters. The fourth-order valence-corrected chi connectivity index (χ4v) is 2.86. The summed E-state index contributed by atoms with van der Waals surface area (Å²) >= 11 is 5.97. The Labute approximate surface area is 183 Å². The summed E-state index contributed by atoms with van der Waals surface area (Å²) in [5.74, 6) is -2.15. The number of carbonyl (C=O) groups excluding carboxylic acids is 1. The van der Waals surface area contributed by atoms with Crippen molar-refractivity contribution in [3.8, 4) is 11.4 Å². The normalized spacial score (nSPS) is 13.0. The zero-order valence-electron chi connectivity index (χ0n) is 17.1. The zero-order valence-corrected chi connectivity index (χ0v) is 17.9. The number of hydrogen-bond donors (Lipinski definition) is 0. The Bertz CT molecular complexity index is 1190. The lowest BCUT2D eigenvalue weighted by Gasteiger charge is -2.19. The van der Waals surface area contributed by atoms with Gasteiger partial charge in [-0.15, -0.1) is 0 Å². The van der Waals surface area contributed by atoms with Crippen LogP contribution < -0.4 is 16.0 Å². The number of aromatic nitrogens is 2. The molecule has 0 amide bonds. The van der Waals surface area contributed by atoms with Crippen LogP contribution in [0.2, 0.25) is 5.02 Å². The van der Waals surface area contributed by atoms with E-state index in [2.05, 4.69) is 4.74 Å². The second-order valence-electron chi connectivity index (χ2n) is 6.31. The number of alkyl halides is 3. The highest BCUT2D eigenvalue weighted by Crippen LogP contribution is 2.31. The molecule has 0 saturated carbocycles. The van der Waals surface area contributed by atoms with Crippen molar-refractivity contribution in [2.24, 2.45) is 7.05 Å². The highest BCUT2D eigenvalue weighted by molar-refractivity contribution is 6.32. The van der Waals surface area contributed by atoms with Gasteiger partial charge in [-0.05, 0) is 13.0 Å². The second kappa shape index (κ2) is 9.47. The van der Waals surface area contributed by atoms with E-state index in [1.165, 1.54) is 14.0 Å². The van der Waals surface area contributed by atoms with Crippen molar-refractivity contribution >= 4 is 17.6 Å². The number of hydrogen-bond acceptors (Lipinski definition) is 6. The molecule has 1 aromatic carbocycles. The summed E-state index contributed by atoms with van der Waals surface area (Å²) in [6.07, 6.45) is -4.96. The largest absolute Gasteiger partial charge is 0.497 e. The summed E-state index contributed by atoms with van der Waals surface area (Å²) in [5.41, 5.74) is -5.04. The lowest BCUT2D eigenvalue weighted by Crippen LogP contribution is -2.41. The Kier molecular flexibility index (Phi) is 7.39. The van der Waals surface area contributed by atoms with Crippen molar-refractivity contribution in [3.63, 3.8) is 0 Å². The molecule has 32 heavy (non-hydrogen) atoms. The number of halogens is 5. The van der Waals surface area contributed by atoms with Gasteiger partial charge >= 0.3 is 17.8 Å². The number of esters is 1. The minimum Gasteiger partial charge on any atom is -0.497 e. The highest BCUT2D eigenvalue weighted by Gasteiger charge is 2.35. The van der Waals surface area contributed by atoms with Gasteiger partial charge in [-0.1, -0.05) is 11.6 Å². The van der Waals surface area contributed by atoms with E-state index in [4.69, 9.17) is 21.1 Å². The van der Waals surface area contributed by atoms with Gasteiger partial charge in [0.15, 0.2) is 6.10 Å². The van der Waals surface area contributed by atoms with Crippen LogP contribution in [0, 0.1) is 5.82 Å².